The van der Waals surface area contributed by atoms with Crippen molar-refractivity contribution >= 4 is 11.9 Å². The Morgan fingerprint density at radius 1 is 1.12 bits per heavy atom. The third-order valence-corrected chi connectivity index (χ3v) is 4.76. The average molecular weight is 333 g/mol. The van der Waals surface area contributed by atoms with Gasteiger partial charge in [-0.25, -0.2) is 4.79 Å². The number of morpholine rings is 1. The largest absolute Gasteiger partial charge is 0.486 e. The van der Waals surface area contributed by atoms with Crippen molar-refractivity contribution in [3.8, 4) is 11.5 Å². The molecular weight excluding hydrogens is 314 g/mol. The minimum atomic E-state index is -1.02. The molecule has 1 N–H and O–H groups in total. The molecule has 4 rings (SSSR count). The quantitative estimate of drug-likeness (QED) is 0.884. The number of aliphatic carboxylic acids is 1. The summed E-state index contributed by atoms with van der Waals surface area (Å²) in [6.45, 7) is 1.93. The first-order valence-electron chi connectivity index (χ1n) is 8.16. The lowest BCUT2D eigenvalue weighted by atomic mass is 10.1. The predicted molar refractivity (Wildman–Crippen MR) is 82.2 cm³/mol. The molecule has 0 spiro atoms. The molecule has 2 aliphatic heterocycles. The van der Waals surface area contributed by atoms with E-state index in [1.54, 1.807) is 4.90 Å². The van der Waals surface area contributed by atoms with Crippen LogP contribution in [-0.2, 0) is 14.3 Å². The monoisotopic (exact) mass is 333 g/mol. The first-order valence-corrected chi connectivity index (χ1v) is 8.16. The van der Waals surface area contributed by atoms with Crippen molar-refractivity contribution in [2.75, 3.05) is 32.9 Å². The van der Waals surface area contributed by atoms with Gasteiger partial charge in [-0.05, 0) is 30.0 Å². The molecule has 1 aromatic rings. The molecule has 1 amide bonds. The van der Waals surface area contributed by atoms with E-state index in [1.165, 1.54) is 0 Å². The molecule has 24 heavy (non-hydrogen) atoms. The number of hydrogen-bond acceptors (Lipinski definition) is 5. The zero-order chi connectivity index (χ0) is 16.7. The third-order valence-electron chi connectivity index (χ3n) is 4.76. The van der Waals surface area contributed by atoms with Crippen LogP contribution in [0.25, 0.3) is 0 Å². The highest BCUT2D eigenvalue weighted by atomic mass is 16.6. The van der Waals surface area contributed by atoms with Crippen LogP contribution in [-0.4, -0.2) is 60.9 Å². The van der Waals surface area contributed by atoms with Gasteiger partial charge in [-0.1, -0.05) is 6.07 Å². The molecule has 0 radical (unpaired) electrons. The van der Waals surface area contributed by atoms with Gasteiger partial charge in [-0.15, -0.1) is 0 Å². The average Bonchev–Trinajstić information content (AvgIpc) is 3.41. The number of nitrogens with zero attached hydrogens (tertiary/aromatic N) is 1. The van der Waals surface area contributed by atoms with E-state index in [0.717, 1.165) is 23.5 Å². The van der Waals surface area contributed by atoms with Crippen molar-refractivity contribution in [1.82, 2.24) is 4.90 Å². The standard InChI is InChI=1S/C17H19NO6/c19-16(18-3-4-22-15(9-18)17(20)21)12-8-11(12)10-1-2-13-14(7-10)24-6-5-23-13/h1-2,7,11-12,15H,3-6,8-9H2,(H,20,21)/t11-,12+,15-/m0/s1. The van der Waals surface area contributed by atoms with Gasteiger partial charge in [0.2, 0.25) is 5.91 Å². The zero-order valence-electron chi connectivity index (χ0n) is 13.1. The maximum absolute atomic E-state index is 12.6. The molecule has 2 fully saturated rings. The second-order valence-corrected chi connectivity index (χ2v) is 6.33. The minimum Gasteiger partial charge on any atom is -0.486 e. The summed E-state index contributed by atoms with van der Waals surface area (Å²) in [6.07, 6.45) is -0.137. The Labute approximate surface area is 139 Å². The van der Waals surface area contributed by atoms with E-state index in [-0.39, 0.29) is 30.9 Å². The fourth-order valence-electron chi connectivity index (χ4n) is 3.36. The van der Waals surface area contributed by atoms with Crippen molar-refractivity contribution < 1.29 is 28.9 Å². The fraction of sp³-hybridized carbons (Fsp3) is 0.529. The van der Waals surface area contributed by atoms with Crippen LogP contribution >= 0.6 is 0 Å². The molecule has 0 bridgehead atoms. The van der Waals surface area contributed by atoms with E-state index in [4.69, 9.17) is 19.3 Å². The van der Waals surface area contributed by atoms with Crippen molar-refractivity contribution in [1.29, 1.82) is 0 Å². The highest BCUT2D eigenvalue weighted by Crippen LogP contribution is 2.50. The number of carbonyl (C=O) groups is 2. The van der Waals surface area contributed by atoms with Crippen LogP contribution in [0, 0.1) is 5.92 Å². The van der Waals surface area contributed by atoms with Gasteiger partial charge in [-0.3, -0.25) is 4.79 Å². The summed E-state index contributed by atoms with van der Waals surface area (Å²) in [6, 6.07) is 5.81. The second kappa shape index (κ2) is 5.98. The number of hydrogen-bond donors (Lipinski definition) is 1. The van der Waals surface area contributed by atoms with Crippen LogP contribution in [0.5, 0.6) is 11.5 Å². The molecule has 3 aliphatic rings. The summed E-state index contributed by atoms with van der Waals surface area (Å²) in [5, 5.41) is 9.05. The summed E-state index contributed by atoms with van der Waals surface area (Å²) >= 11 is 0. The predicted octanol–water partition coefficient (Wildman–Crippen LogP) is 0.873. The van der Waals surface area contributed by atoms with E-state index in [9.17, 15) is 9.59 Å². The van der Waals surface area contributed by atoms with Gasteiger partial charge >= 0.3 is 5.97 Å². The molecular formula is C17H19NO6. The first-order chi connectivity index (χ1) is 11.6. The molecule has 1 saturated carbocycles. The second-order valence-electron chi connectivity index (χ2n) is 6.33. The maximum atomic E-state index is 12.6. The van der Waals surface area contributed by atoms with E-state index in [2.05, 4.69) is 0 Å². The molecule has 1 aliphatic carbocycles. The van der Waals surface area contributed by atoms with E-state index in [1.807, 2.05) is 18.2 Å². The Bertz CT molecular complexity index is 675. The maximum Gasteiger partial charge on any atom is 0.334 e. The fourth-order valence-corrected chi connectivity index (χ4v) is 3.36. The molecule has 7 nitrogen and oxygen atoms in total. The van der Waals surface area contributed by atoms with E-state index >= 15 is 0 Å². The lowest BCUT2D eigenvalue weighted by molar-refractivity contribution is -0.159. The molecule has 0 unspecified atom stereocenters. The summed E-state index contributed by atoms with van der Waals surface area (Å²) in [5.74, 6) is 0.552. The Morgan fingerprint density at radius 2 is 1.92 bits per heavy atom. The molecule has 7 heteroatoms. The van der Waals surface area contributed by atoms with Crippen molar-refractivity contribution in [3.05, 3.63) is 23.8 Å². The lowest BCUT2D eigenvalue weighted by Crippen LogP contribution is -2.49. The number of carboxylic acids is 1. The van der Waals surface area contributed by atoms with Crippen LogP contribution < -0.4 is 9.47 Å². The van der Waals surface area contributed by atoms with E-state index < -0.39 is 12.1 Å². The highest BCUT2D eigenvalue weighted by Gasteiger charge is 2.47. The van der Waals surface area contributed by atoms with Gasteiger partial charge in [0.15, 0.2) is 17.6 Å². The summed E-state index contributed by atoms with van der Waals surface area (Å²) in [5.41, 5.74) is 1.07. The SMILES string of the molecule is O=C(O)[C@@H]1CN(C(=O)[C@@H]2C[C@H]2c2ccc3c(c2)OCCO3)CCO1. The summed E-state index contributed by atoms with van der Waals surface area (Å²) in [4.78, 5) is 25.3. The topological polar surface area (TPSA) is 85.3 Å². The third kappa shape index (κ3) is 2.80. The van der Waals surface area contributed by atoms with Crippen molar-refractivity contribution in [2.24, 2.45) is 5.92 Å². The summed E-state index contributed by atoms with van der Waals surface area (Å²) < 4.78 is 16.3. The van der Waals surface area contributed by atoms with Crippen LogP contribution in [0.15, 0.2) is 18.2 Å². The molecule has 3 atom stereocenters. The molecule has 1 aromatic carbocycles. The van der Waals surface area contributed by atoms with Crippen molar-refractivity contribution in [3.63, 3.8) is 0 Å². The minimum absolute atomic E-state index is 0.0180. The number of amides is 1. The lowest BCUT2D eigenvalue weighted by Gasteiger charge is -2.31. The van der Waals surface area contributed by atoms with Gasteiger partial charge in [-0.2, -0.15) is 0 Å². The van der Waals surface area contributed by atoms with Crippen LogP contribution in [0.4, 0.5) is 0 Å². The number of carboxylic acid groups (broad SMARTS) is 1. The number of carbonyl (C=O) groups excluding carboxylic acids is 1. The van der Waals surface area contributed by atoms with Crippen LogP contribution in [0.1, 0.15) is 17.9 Å². The van der Waals surface area contributed by atoms with Gasteiger partial charge in [0.05, 0.1) is 13.2 Å². The van der Waals surface area contributed by atoms with Crippen LogP contribution in [0.3, 0.4) is 0 Å². The normalized spacial score (nSPS) is 28.3. The van der Waals surface area contributed by atoms with Gasteiger partial charge in [0, 0.05) is 12.5 Å². The van der Waals surface area contributed by atoms with Gasteiger partial charge in [0.1, 0.15) is 13.2 Å². The Morgan fingerprint density at radius 3 is 2.71 bits per heavy atom. The Hall–Kier alpha value is -2.28. The smallest absolute Gasteiger partial charge is 0.334 e. The zero-order valence-corrected chi connectivity index (χ0v) is 13.1. The summed E-state index contributed by atoms with van der Waals surface area (Å²) in [7, 11) is 0. The Kier molecular flexibility index (Phi) is 3.80. The number of benzene rings is 1. The Balaban J connectivity index is 1.42. The highest BCUT2D eigenvalue weighted by molar-refractivity contribution is 5.84. The van der Waals surface area contributed by atoms with Crippen molar-refractivity contribution in [2.45, 2.75) is 18.4 Å². The van der Waals surface area contributed by atoms with Gasteiger partial charge in [0.25, 0.3) is 0 Å². The molecule has 128 valence electrons. The van der Waals surface area contributed by atoms with E-state index in [0.29, 0.717) is 19.8 Å². The molecule has 2 heterocycles. The first kappa shape index (κ1) is 15.3. The van der Waals surface area contributed by atoms with Crippen LogP contribution in [0.2, 0.25) is 0 Å². The number of rotatable bonds is 3. The van der Waals surface area contributed by atoms with Gasteiger partial charge < -0.3 is 24.2 Å². The molecule has 1 saturated heterocycles. The molecule has 0 aromatic heterocycles. The number of ether oxygens (including phenoxy) is 3. The number of fused-ring (bicyclic) bond motifs is 1.